The van der Waals surface area contributed by atoms with Gasteiger partial charge in [0.25, 0.3) is 0 Å². The van der Waals surface area contributed by atoms with Crippen molar-refractivity contribution in [2.75, 3.05) is 25.0 Å². The fourth-order valence-corrected chi connectivity index (χ4v) is 3.00. The zero-order chi connectivity index (χ0) is 13.8. The number of halogens is 2. The molecule has 1 amide bonds. The van der Waals surface area contributed by atoms with Gasteiger partial charge in [0, 0.05) is 10.5 Å². The summed E-state index contributed by atoms with van der Waals surface area (Å²) in [5, 5.41) is 12.5. The predicted molar refractivity (Wildman–Crippen MR) is 79.5 cm³/mol. The summed E-state index contributed by atoms with van der Waals surface area (Å²) in [4.78, 5) is 14.0. The van der Waals surface area contributed by atoms with Crippen LogP contribution in [0.15, 0.2) is 22.7 Å². The highest BCUT2D eigenvalue weighted by Gasteiger charge is 2.25. The van der Waals surface area contributed by atoms with Gasteiger partial charge in [-0.15, -0.1) is 0 Å². The molecule has 1 saturated heterocycles. The third-order valence-corrected chi connectivity index (χ3v) is 4.07. The Labute approximate surface area is 125 Å². The van der Waals surface area contributed by atoms with Gasteiger partial charge in [0.2, 0.25) is 5.91 Å². The van der Waals surface area contributed by atoms with Crippen molar-refractivity contribution in [2.24, 2.45) is 0 Å². The van der Waals surface area contributed by atoms with E-state index in [2.05, 4.69) is 21.2 Å². The molecule has 1 aromatic carbocycles. The van der Waals surface area contributed by atoms with Crippen LogP contribution in [0.4, 0.5) is 5.69 Å². The zero-order valence-electron chi connectivity index (χ0n) is 10.4. The van der Waals surface area contributed by atoms with Gasteiger partial charge < -0.3 is 10.4 Å². The first-order chi connectivity index (χ1) is 9.10. The molecule has 0 spiro atoms. The number of aliphatic hydroxyl groups is 1. The Hall–Kier alpha value is -0.620. The van der Waals surface area contributed by atoms with Crippen LogP contribution in [0.25, 0.3) is 0 Å². The lowest BCUT2D eigenvalue weighted by molar-refractivity contribution is -0.117. The monoisotopic (exact) mass is 346 g/mol. The first-order valence-corrected chi connectivity index (χ1v) is 7.37. The summed E-state index contributed by atoms with van der Waals surface area (Å²) in [5.74, 6) is -0.107. The number of amides is 1. The summed E-state index contributed by atoms with van der Waals surface area (Å²) >= 11 is 9.37. The van der Waals surface area contributed by atoms with Gasteiger partial charge in [-0.05, 0) is 37.6 Å². The number of anilines is 1. The number of benzene rings is 1. The van der Waals surface area contributed by atoms with E-state index in [0.717, 1.165) is 23.9 Å². The molecule has 0 unspecified atom stereocenters. The van der Waals surface area contributed by atoms with Crippen LogP contribution in [0.2, 0.25) is 5.02 Å². The first kappa shape index (κ1) is 14.8. The highest BCUT2D eigenvalue weighted by molar-refractivity contribution is 9.10. The SMILES string of the molecule is O=C(CN1CCC[C@H]1CO)Nc1ccc(Br)cc1Cl. The molecule has 1 atom stereocenters. The Bertz CT molecular complexity index is 470. The quantitative estimate of drug-likeness (QED) is 0.880. The molecule has 19 heavy (non-hydrogen) atoms. The summed E-state index contributed by atoms with van der Waals surface area (Å²) in [6, 6.07) is 5.43. The number of likely N-dealkylation sites (tertiary alicyclic amines) is 1. The third-order valence-electron chi connectivity index (χ3n) is 3.26. The van der Waals surface area contributed by atoms with Gasteiger partial charge in [0.05, 0.1) is 23.9 Å². The van der Waals surface area contributed by atoms with Crippen LogP contribution < -0.4 is 5.32 Å². The van der Waals surface area contributed by atoms with Crippen LogP contribution in [0.5, 0.6) is 0 Å². The van der Waals surface area contributed by atoms with Crippen molar-refractivity contribution in [3.8, 4) is 0 Å². The van der Waals surface area contributed by atoms with Crippen LogP contribution in [-0.4, -0.2) is 41.7 Å². The fraction of sp³-hybridized carbons (Fsp3) is 0.462. The molecule has 4 nitrogen and oxygen atoms in total. The minimum atomic E-state index is -0.107. The van der Waals surface area contributed by atoms with Crippen molar-refractivity contribution in [3.05, 3.63) is 27.7 Å². The summed E-state index contributed by atoms with van der Waals surface area (Å²) in [6.45, 7) is 1.25. The van der Waals surface area contributed by atoms with Crippen LogP contribution in [-0.2, 0) is 4.79 Å². The number of rotatable bonds is 4. The molecule has 1 fully saturated rings. The molecule has 1 aliphatic rings. The maximum absolute atomic E-state index is 12.0. The molecular weight excluding hydrogens is 332 g/mol. The van der Waals surface area contributed by atoms with Crippen molar-refractivity contribution in [3.63, 3.8) is 0 Å². The molecule has 0 bridgehead atoms. The Morgan fingerprint density at radius 2 is 2.37 bits per heavy atom. The van der Waals surface area contributed by atoms with Gasteiger partial charge in [-0.3, -0.25) is 9.69 Å². The van der Waals surface area contributed by atoms with E-state index in [9.17, 15) is 9.90 Å². The van der Waals surface area contributed by atoms with Gasteiger partial charge in [0.15, 0.2) is 0 Å². The van der Waals surface area contributed by atoms with Crippen LogP contribution >= 0.6 is 27.5 Å². The second-order valence-corrected chi connectivity index (χ2v) is 5.94. The largest absolute Gasteiger partial charge is 0.395 e. The summed E-state index contributed by atoms with van der Waals surface area (Å²) in [6.07, 6.45) is 1.97. The smallest absolute Gasteiger partial charge is 0.238 e. The highest BCUT2D eigenvalue weighted by atomic mass is 79.9. The van der Waals surface area contributed by atoms with Gasteiger partial charge >= 0.3 is 0 Å². The first-order valence-electron chi connectivity index (χ1n) is 6.20. The minimum Gasteiger partial charge on any atom is -0.395 e. The summed E-state index contributed by atoms with van der Waals surface area (Å²) in [5.41, 5.74) is 0.606. The summed E-state index contributed by atoms with van der Waals surface area (Å²) < 4.78 is 0.871. The zero-order valence-corrected chi connectivity index (χ0v) is 12.7. The predicted octanol–water partition coefficient (Wildman–Crippen LogP) is 2.50. The van der Waals surface area contributed by atoms with Crippen molar-refractivity contribution < 1.29 is 9.90 Å². The lowest BCUT2D eigenvalue weighted by Gasteiger charge is -2.21. The van der Waals surface area contributed by atoms with Gasteiger partial charge in [-0.1, -0.05) is 27.5 Å². The summed E-state index contributed by atoms with van der Waals surface area (Å²) in [7, 11) is 0. The van der Waals surface area contributed by atoms with Gasteiger partial charge in [-0.2, -0.15) is 0 Å². The Morgan fingerprint density at radius 3 is 3.05 bits per heavy atom. The molecule has 2 N–H and O–H groups in total. The molecule has 2 rings (SSSR count). The average Bonchev–Trinajstić information content (AvgIpc) is 2.80. The van der Waals surface area contributed by atoms with Crippen molar-refractivity contribution in [1.29, 1.82) is 0 Å². The average molecular weight is 348 g/mol. The van der Waals surface area contributed by atoms with Crippen LogP contribution in [0.1, 0.15) is 12.8 Å². The number of hydrogen-bond acceptors (Lipinski definition) is 3. The maximum atomic E-state index is 12.0. The Balaban J connectivity index is 1.94. The third kappa shape index (κ3) is 3.92. The molecule has 6 heteroatoms. The molecule has 1 aliphatic heterocycles. The lowest BCUT2D eigenvalue weighted by Crippen LogP contribution is -2.38. The normalized spacial score (nSPS) is 19.6. The van der Waals surface area contributed by atoms with E-state index in [1.54, 1.807) is 12.1 Å². The second-order valence-electron chi connectivity index (χ2n) is 4.62. The number of nitrogens with zero attached hydrogens (tertiary/aromatic N) is 1. The Morgan fingerprint density at radius 1 is 1.58 bits per heavy atom. The van der Waals surface area contributed by atoms with Gasteiger partial charge in [0.1, 0.15) is 0 Å². The number of carbonyl (C=O) groups excluding carboxylic acids is 1. The molecule has 104 valence electrons. The minimum absolute atomic E-state index is 0.103. The van der Waals surface area contributed by atoms with Crippen LogP contribution in [0, 0.1) is 0 Å². The number of nitrogens with one attached hydrogen (secondary N) is 1. The Kier molecular flexibility index (Phi) is 5.21. The molecule has 0 radical (unpaired) electrons. The van der Waals surface area contributed by atoms with E-state index in [1.807, 2.05) is 11.0 Å². The van der Waals surface area contributed by atoms with E-state index < -0.39 is 0 Å². The van der Waals surface area contributed by atoms with Crippen molar-refractivity contribution >= 4 is 39.1 Å². The number of hydrogen-bond donors (Lipinski definition) is 2. The second kappa shape index (κ2) is 6.70. The molecule has 0 saturated carbocycles. The lowest BCUT2D eigenvalue weighted by atomic mass is 10.2. The molecule has 1 aromatic rings. The molecule has 1 heterocycles. The van der Waals surface area contributed by atoms with Crippen molar-refractivity contribution in [1.82, 2.24) is 4.90 Å². The highest BCUT2D eigenvalue weighted by Crippen LogP contribution is 2.25. The van der Waals surface area contributed by atoms with E-state index in [4.69, 9.17) is 11.6 Å². The number of aliphatic hydroxyl groups excluding tert-OH is 1. The fourth-order valence-electron chi connectivity index (χ4n) is 2.28. The van der Waals surface area contributed by atoms with E-state index in [0.29, 0.717) is 10.7 Å². The molecular formula is C13H16BrClN2O2. The van der Waals surface area contributed by atoms with E-state index >= 15 is 0 Å². The van der Waals surface area contributed by atoms with Crippen molar-refractivity contribution in [2.45, 2.75) is 18.9 Å². The van der Waals surface area contributed by atoms with E-state index in [-0.39, 0.29) is 25.1 Å². The number of carbonyl (C=O) groups is 1. The standard InChI is InChI=1S/C13H16BrClN2O2/c14-9-3-4-12(11(15)6-9)16-13(19)7-17-5-1-2-10(17)8-18/h3-4,6,10,18H,1-2,5,7-8H2,(H,16,19)/t10-/m0/s1. The topological polar surface area (TPSA) is 52.6 Å². The molecule has 0 aromatic heterocycles. The van der Waals surface area contributed by atoms with Crippen LogP contribution in [0.3, 0.4) is 0 Å². The molecule has 0 aliphatic carbocycles. The van der Waals surface area contributed by atoms with Gasteiger partial charge in [-0.25, -0.2) is 0 Å². The maximum Gasteiger partial charge on any atom is 0.238 e. The van der Waals surface area contributed by atoms with E-state index in [1.165, 1.54) is 0 Å².